The van der Waals surface area contributed by atoms with Crippen molar-refractivity contribution in [3.8, 4) is 17.2 Å². The highest BCUT2D eigenvalue weighted by Crippen LogP contribution is 2.32. The van der Waals surface area contributed by atoms with Gasteiger partial charge in [0.15, 0.2) is 5.65 Å². The van der Waals surface area contributed by atoms with Crippen molar-refractivity contribution in [1.29, 1.82) is 0 Å². The Bertz CT molecular complexity index is 818. The van der Waals surface area contributed by atoms with Crippen molar-refractivity contribution in [2.24, 2.45) is 7.05 Å². The number of nitrogen functional groups attached to an aromatic ring is 1. The molecule has 0 saturated carbocycles. The van der Waals surface area contributed by atoms with Crippen LogP contribution in [0.1, 0.15) is 5.69 Å². The molecule has 0 fully saturated rings. The zero-order chi connectivity index (χ0) is 15.1. The fourth-order valence-corrected chi connectivity index (χ4v) is 2.50. The SMILES string of the molecule is COc1ccc(-n2c(N)nc3c(C)nn(C)c32)c(OC)c1. The third kappa shape index (κ3) is 1.89. The molecule has 0 aliphatic rings. The van der Waals surface area contributed by atoms with E-state index in [-0.39, 0.29) is 0 Å². The first-order chi connectivity index (χ1) is 10.1. The summed E-state index contributed by atoms with van der Waals surface area (Å²) in [4.78, 5) is 4.40. The van der Waals surface area contributed by atoms with Gasteiger partial charge in [-0.15, -0.1) is 0 Å². The molecule has 2 aromatic heterocycles. The van der Waals surface area contributed by atoms with Gasteiger partial charge in [-0.1, -0.05) is 0 Å². The molecule has 3 rings (SSSR count). The van der Waals surface area contributed by atoms with E-state index in [1.807, 2.05) is 36.7 Å². The van der Waals surface area contributed by atoms with Gasteiger partial charge in [0.05, 0.1) is 25.6 Å². The van der Waals surface area contributed by atoms with Crippen LogP contribution in [0.3, 0.4) is 0 Å². The molecule has 0 aliphatic carbocycles. The topological polar surface area (TPSA) is 80.1 Å². The maximum Gasteiger partial charge on any atom is 0.207 e. The van der Waals surface area contributed by atoms with Crippen molar-refractivity contribution in [2.75, 3.05) is 20.0 Å². The second-order valence-electron chi connectivity index (χ2n) is 4.72. The van der Waals surface area contributed by atoms with Gasteiger partial charge >= 0.3 is 0 Å². The molecule has 1 aromatic carbocycles. The van der Waals surface area contributed by atoms with Crippen LogP contribution in [0.5, 0.6) is 11.5 Å². The third-order valence-electron chi connectivity index (χ3n) is 3.46. The Morgan fingerprint density at radius 2 is 1.95 bits per heavy atom. The van der Waals surface area contributed by atoms with Crippen LogP contribution in [-0.2, 0) is 7.05 Å². The number of nitrogens with zero attached hydrogens (tertiary/aromatic N) is 4. The predicted octanol–water partition coefficient (Wildman–Crippen LogP) is 1.67. The molecule has 2 heterocycles. The van der Waals surface area contributed by atoms with E-state index in [1.165, 1.54) is 0 Å². The van der Waals surface area contributed by atoms with Gasteiger partial charge in [-0.25, -0.2) is 9.67 Å². The summed E-state index contributed by atoms with van der Waals surface area (Å²) in [6.45, 7) is 1.91. The number of anilines is 1. The molecule has 0 radical (unpaired) electrons. The maximum atomic E-state index is 6.09. The quantitative estimate of drug-likeness (QED) is 0.792. The molecular formula is C14H17N5O2. The summed E-state index contributed by atoms with van der Waals surface area (Å²) >= 11 is 0. The fraction of sp³-hybridized carbons (Fsp3) is 0.286. The number of methoxy groups -OCH3 is 2. The first-order valence-electron chi connectivity index (χ1n) is 6.46. The number of nitrogens with two attached hydrogens (primary N) is 1. The smallest absolute Gasteiger partial charge is 0.207 e. The van der Waals surface area contributed by atoms with Crippen molar-refractivity contribution in [3.63, 3.8) is 0 Å². The maximum absolute atomic E-state index is 6.09. The Kier molecular flexibility index (Phi) is 2.97. The van der Waals surface area contributed by atoms with Gasteiger partial charge in [0.25, 0.3) is 0 Å². The molecule has 0 saturated heterocycles. The Morgan fingerprint density at radius 1 is 1.19 bits per heavy atom. The second-order valence-corrected chi connectivity index (χ2v) is 4.72. The van der Waals surface area contributed by atoms with E-state index < -0.39 is 0 Å². The van der Waals surface area contributed by atoms with Crippen LogP contribution in [-0.4, -0.2) is 33.6 Å². The van der Waals surface area contributed by atoms with Gasteiger partial charge in [-0.3, -0.25) is 4.57 Å². The summed E-state index contributed by atoms with van der Waals surface area (Å²) in [5, 5.41) is 4.38. The molecule has 21 heavy (non-hydrogen) atoms. The van der Waals surface area contributed by atoms with Crippen LogP contribution in [0, 0.1) is 6.92 Å². The number of hydrogen-bond donors (Lipinski definition) is 1. The van der Waals surface area contributed by atoms with Crippen molar-refractivity contribution in [3.05, 3.63) is 23.9 Å². The minimum absolute atomic E-state index is 0.393. The van der Waals surface area contributed by atoms with E-state index in [4.69, 9.17) is 15.2 Å². The van der Waals surface area contributed by atoms with Crippen molar-refractivity contribution in [1.82, 2.24) is 19.3 Å². The summed E-state index contributed by atoms with van der Waals surface area (Å²) < 4.78 is 14.3. The Morgan fingerprint density at radius 3 is 2.62 bits per heavy atom. The molecule has 7 heteroatoms. The van der Waals surface area contributed by atoms with Crippen LogP contribution in [0.2, 0.25) is 0 Å². The number of hydrogen-bond acceptors (Lipinski definition) is 5. The largest absolute Gasteiger partial charge is 0.497 e. The first-order valence-corrected chi connectivity index (χ1v) is 6.46. The zero-order valence-electron chi connectivity index (χ0n) is 12.4. The minimum Gasteiger partial charge on any atom is -0.497 e. The van der Waals surface area contributed by atoms with E-state index in [1.54, 1.807) is 18.9 Å². The number of imidazole rings is 1. The Labute approximate surface area is 121 Å². The molecule has 0 amide bonds. The molecular weight excluding hydrogens is 270 g/mol. The molecule has 0 aliphatic heterocycles. The summed E-state index contributed by atoms with van der Waals surface area (Å²) in [5.41, 5.74) is 9.33. The zero-order valence-corrected chi connectivity index (χ0v) is 12.4. The fourth-order valence-electron chi connectivity index (χ4n) is 2.50. The van der Waals surface area contributed by atoms with E-state index >= 15 is 0 Å². The van der Waals surface area contributed by atoms with Crippen LogP contribution >= 0.6 is 0 Å². The lowest BCUT2D eigenvalue weighted by atomic mass is 10.2. The molecule has 3 aromatic rings. The minimum atomic E-state index is 0.393. The highest BCUT2D eigenvalue weighted by molar-refractivity contribution is 5.80. The van der Waals surface area contributed by atoms with E-state index in [0.717, 1.165) is 22.5 Å². The van der Waals surface area contributed by atoms with E-state index in [9.17, 15) is 0 Å². The van der Waals surface area contributed by atoms with Gasteiger partial charge in [0.1, 0.15) is 17.0 Å². The monoisotopic (exact) mass is 287 g/mol. The molecule has 0 spiro atoms. The summed E-state index contributed by atoms with van der Waals surface area (Å²) in [6.07, 6.45) is 0. The van der Waals surface area contributed by atoms with Gasteiger partial charge in [-0.2, -0.15) is 5.10 Å². The number of aryl methyl sites for hydroxylation is 2. The Balaban J connectivity index is 2.32. The average Bonchev–Trinajstić information content (AvgIpc) is 2.96. The van der Waals surface area contributed by atoms with E-state index in [2.05, 4.69) is 10.1 Å². The van der Waals surface area contributed by atoms with Crippen molar-refractivity contribution < 1.29 is 9.47 Å². The highest BCUT2D eigenvalue weighted by Gasteiger charge is 2.19. The lowest BCUT2D eigenvalue weighted by Gasteiger charge is -2.13. The molecule has 0 atom stereocenters. The predicted molar refractivity (Wildman–Crippen MR) is 80.1 cm³/mol. The lowest BCUT2D eigenvalue weighted by Crippen LogP contribution is -2.06. The van der Waals surface area contributed by atoms with Gasteiger partial charge in [0.2, 0.25) is 5.95 Å². The number of aromatic nitrogens is 4. The van der Waals surface area contributed by atoms with Gasteiger partial charge in [0, 0.05) is 13.1 Å². The summed E-state index contributed by atoms with van der Waals surface area (Å²) in [6, 6.07) is 5.55. The number of fused-ring (bicyclic) bond motifs is 1. The summed E-state index contributed by atoms with van der Waals surface area (Å²) in [7, 11) is 5.09. The molecule has 2 N–H and O–H groups in total. The molecule has 7 nitrogen and oxygen atoms in total. The normalized spacial score (nSPS) is 11.0. The first kappa shape index (κ1) is 13.3. The number of benzene rings is 1. The van der Waals surface area contributed by atoms with Crippen molar-refractivity contribution in [2.45, 2.75) is 6.92 Å². The van der Waals surface area contributed by atoms with Crippen LogP contribution in [0.25, 0.3) is 16.9 Å². The standard InChI is InChI=1S/C14H17N5O2/c1-8-12-13(18(2)17-8)19(14(15)16-12)10-6-5-9(20-3)7-11(10)21-4/h5-7H,1-4H3,(H2,15,16). The number of ether oxygens (including phenoxy) is 2. The molecule has 0 unspecified atom stereocenters. The molecule has 0 bridgehead atoms. The van der Waals surface area contributed by atoms with E-state index in [0.29, 0.717) is 17.4 Å². The molecule has 110 valence electrons. The van der Waals surface area contributed by atoms with Gasteiger partial charge in [-0.05, 0) is 19.1 Å². The van der Waals surface area contributed by atoms with Crippen LogP contribution in [0.4, 0.5) is 5.95 Å². The Hall–Kier alpha value is -2.70. The van der Waals surface area contributed by atoms with Crippen LogP contribution in [0.15, 0.2) is 18.2 Å². The van der Waals surface area contributed by atoms with Gasteiger partial charge < -0.3 is 15.2 Å². The lowest BCUT2D eigenvalue weighted by molar-refractivity contribution is 0.393. The third-order valence-corrected chi connectivity index (χ3v) is 3.46. The highest BCUT2D eigenvalue weighted by atomic mass is 16.5. The second kappa shape index (κ2) is 4.69. The number of rotatable bonds is 3. The van der Waals surface area contributed by atoms with Crippen LogP contribution < -0.4 is 15.2 Å². The summed E-state index contributed by atoms with van der Waals surface area (Å²) in [5.74, 6) is 1.76. The van der Waals surface area contributed by atoms with Crippen molar-refractivity contribution >= 4 is 17.1 Å². The average molecular weight is 287 g/mol.